The maximum absolute atomic E-state index is 8.84. The van der Waals surface area contributed by atoms with Crippen molar-refractivity contribution in [2.45, 2.75) is 13.0 Å². The van der Waals surface area contributed by atoms with Crippen molar-refractivity contribution in [2.24, 2.45) is 0 Å². The van der Waals surface area contributed by atoms with Crippen LogP contribution in [0.2, 0.25) is 0 Å². The molecule has 1 aliphatic rings. The maximum Gasteiger partial charge on any atom is 0.161 e. The standard InChI is InChI=1S/C11H12BrN3O/c1-8-4-9(12)6-14-11(8)15-2-3-16-10(5-13)7-15/h4,6,10H,2-3,7H2,1H3. The molecule has 1 aromatic rings. The predicted molar refractivity (Wildman–Crippen MR) is 64.2 cm³/mol. The van der Waals surface area contributed by atoms with Crippen LogP contribution in [0.4, 0.5) is 5.82 Å². The first-order valence-corrected chi connectivity index (χ1v) is 5.88. The van der Waals surface area contributed by atoms with Crippen molar-refractivity contribution in [1.29, 1.82) is 5.26 Å². The van der Waals surface area contributed by atoms with Gasteiger partial charge in [-0.3, -0.25) is 0 Å². The summed E-state index contributed by atoms with van der Waals surface area (Å²) >= 11 is 3.39. The lowest BCUT2D eigenvalue weighted by atomic mass is 10.2. The van der Waals surface area contributed by atoms with E-state index in [1.807, 2.05) is 13.0 Å². The molecule has 0 amide bonds. The molecule has 0 radical (unpaired) electrons. The van der Waals surface area contributed by atoms with Crippen LogP contribution in [0.15, 0.2) is 16.7 Å². The summed E-state index contributed by atoms with van der Waals surface area (Å²) in [7, 11) is 0. The van der Waals surface area contributed by atoms with Crippen LogP contribution in [0.5, 0.6) is 0 Å². The quantitative estimate of drug-likeness (QED) is 0.789. The first-order chi connectivity index (χ1) is 7.70. The monoisotopic (exact) mass is 281 g/mol. The minimum atomic E-state index is -0.349. The minimum Gasteiger partial charge on any atom is -0.360 e. The van der Waals surface area contributed by atoms with Gasteiger partial charge in [0.15, 0.2) is 6.10 Å². The van der Waals surface area contributed by atoms with Gasteiger partial charge in [0, 0.05) is 17.2 Å². The van der Waals surface area contributed by atoms with Crippen LogP contribution in [0.1, 0.15) is 5.56 Å². The van der Waals surface area contributed by atoms with E-state index in [4.69, 9.17) is 10.00 Å². The highest BCUT2D eigenvalue weighted by atomic mass is 79.9. The molecule has 1 saturated heterocycles. The number of aromatic nitrogens is 1. The number of anilines is 1. The fraction of sp³-hybridized carbons (Fsp3) is 0.455. The molecule has 1 unspecified atom stereocenters. The number of rotatable bonds is 1. The Bertz CT molecular complexity index is 430. The highest BCUT2D eigenvalue weighted by molar-refractivity contribution is 9.10. The van der Waals surface area contributed by atoms with Crippen molar-refractivity contribution in [3.63, 3.8) is 0 Å². The van der Waals surface area contributed by atoms with E-state index in [0.717, 1.165) is 22.4 Å². The second-order valence-electron chi connectivity index (χ2n) is 3.73. The molecule has 16 heavy (non-hydrogen) atoms. The molecule has 0 saturated carbocycles. The van der Waals surface area contributed by atoms with E-state index >= 15 is 0 Å². The summed E-state index contributed by atoms with van der Waals surface area (Å²) in [5.74, 6) is 0.937. The lowest BCUT2D eigenvalue weighted by Crippen LogP contribution is -2.42. The number of hydrogen-bond donors (Lipinski definition) is 0. The number of ether oxygens (including phenoxy) is 1. The SMILES string of the molecule is Cc1cc(Br)cnc1N1CCOC(C#N)C1. The highest BCUT2D eigenvalue weighted by Crippen LogP contribution is 2.22. The van der Waals surface area contributed by atoms with Gasteiger partial charge in [-0.05, 0) is 34.5 Å². The molecule has 1 aliphatic heterocycles. The maximum atomic E-state index is 8.84. The van der Waals surface area contributed by atoms with Gasteiger partial charge in [-0.1, -0.05) is 0 Å². The van der Waals surface area contributed by atoms with Crippen molar-refractivity contribution in [3.05, 3.63) is 22.3 Å². The molecule has 2 heterocycles. The molecule has 84 valence electrons. The Labute approximate surface area is 103 Å². The number of nitriles is 1. The molecular weight excluding hydrogens is 270 g/mol. The fourth-order valence-corrected chi connectivity index (χ4v) is 2.23. The van der Waals surface area contributed by atoms with Gasteiger partial charge < -0.3 is 9.64 Å². The summed E-state index contributed by atoms with van der Waals surface area (Å²) in [6.45, 7) is 3.97. The Morgan fingerprint density at radius 1 is 1.69 bits per heavy atom. The summed E-state index contributed by atoms with van der Waals surface area (Å²) in [6, 6.07) is 4.16. The molecule has 4 nitrogen and oxygen atoms in total. The van der Waals surface area contributed by atoms with E-state index in [1.54, 1.807) is 6.20 Å². The van der Waals surface area contributed by atoms with Crippen molar-refractivity contribution >= 4 is 21.7 Å². The van der Waals surface area contributed by atoms with E-state index in [0.29, 0.717) is 13.2 Å². The molecule has 5 heteroatoms. The number of aryl methyl sites for hydroxylation is 1. The van der Waals surface area contributed by atoms with Crippen LogP contribution in [0.3, 0.4) is 0 Å². The van der Waals surface area contributed by atoms with E-state index in [1.165, 1.54) is 0 Å². The lowest BCUT2D eigenvalue weighted by Gasteiger charge is -2.31. The number of morpholine rings is 1. The van der Waals surface area contributed by atoms with Crippen LogP contribution >= 0.6 is 15.9 Å². The molecule has 0 spiro atoms. The average Bonchev–Trinajstić information content (AvgIpc) is 2.29. The normalized spacial score (nSPS) is 20.6. The first kappa shape index (κ1) is 11.4. The van der Waals surface area contributed by atoms with E-state index in [9.17, 15) is 0 Å². The van der Waals surface area contributed by atoms with Crippen LogP contribution in [-0.4, -0.2) is 30.8 Å². The third-order valence-electron chi connectivity index (χ3n) is 2.53. The molecular formula is C11H12BrN3O. The predicted octanol–water partition coefficient (Wildman–Crippen LogP) is 1.88. The number of halogens is 1. The zero-order valence-electron chi connectivity index (χ0n) is 8.98. The van der Waals surface area contributed by atoms with Crippen molar-refractivity contribution < 1.29 is 4.74 Å². The Hall–Kier alpha value is -1.12. The smallest absolute Gasteiger partial charge is 0.161 e. The van der Waals surface area contributed by atoms with E-state index in [-0.39, 0.29) is 6.10 Å². The first-order valence-electron chi connectivity index (χ1n) is 5.09. The zero-order valence-corrected chi connectivity index (χ0v) is 10.6. The second-order valence-corrected chi connectivity index (χ2v) is 4.64. The average molecular weight is 282 g/mol. The topological polar surface area (TPSA) is 49.2 Å². The number of hydrogen-bond acceptors (Lipinski definition) is 4. The summed E-state index contributed by atoms with van der Waals surface area (Å²) in [5, 5.41) is 8.84. The van der Waals surface area contributed by atoms with Gasteiger partial charge in [0.05, 0.1) is 19.2 Å². The Morgan fingerprint density at radius 3 is 3.19 bits per heavy atom. The van der Waals surface area contributed by atoms with Gasteiger partial charge in [-0.25, -0.2) is 4.98 Å². The van der Waals surface area contributed by atoms with E-state index < -0.39 is 0 Å². The third-order valence-corrected chi connectivity index (χ3v) is 2.96. The molecule has 0 aromatic carbocycles. The molecule has 0 N–H and O–H groups in total. The summed E-state index contributed by atoms with van der Waals surface area (Å²) < 4.78 is 6.27. The summed E-state index contributed by atoms with van der Waals surface area (Å²) in [6.07, 6.45) is 1.43. The van der Waals surface area contributed by atoms with Crippen LogP contribution in [-0.2, 0) is 4.74 Å². The van der Waals surface area contributed by atoms with Gasteiger partial charge in [0.2, 0.25) is 0 Å². The number of nitrogens with zero attached hydrogens (tertiary/aromatic N) is 3. The van der Waals surface area contributed by atoms with Gasteiger partial charge >= 0.3 is 0 Å². The summed E-state index contributed by atoms with van der Waals surface area (Å²) in [4.78, 5) is 6.48. The second kappa shape index (κ2) is 4.81. The zero-order chi connectivity index (χ0) is 11.5. The van der Waals surface area contributed by atoms with Gasteiger partial charge in [-0.15, -0.1) is 0 Å². The third kappa shape index (κ3) is 2.34. The van der Waals surface area contributed by atoms with Crippen molar-refractivity contribution in [1.82, 2.24) is 4.98 Å². The fourth-order valence-electron chi connectivity index (χ4n) is 1.78. The van der Waals surface area contributed by atoms with E-state index in [2.05, 4.69) is 31.9 Å². The Kier molecular flexibility index (Phi) is 3.42. The molecule has 2 rings (SSSR count). The van der Waals surface area contributed by atoms with Gasteiger partial charge in [0.1, 0.15) is 5.82 Å². The van der Waals surface area contributed by atoms with Gasteiger partial charge in [0.25, 0.3) is 0 Å². The van der Waals surface area contributed by atoms with Crippen molar-refractivity contribution in [2.75, 3.05) is 24.6 Å². The van der Waals surface area contributed by atoms with Crippen LogP contribution in [0, 0.1) is 18.3 Å². The number of pyridine rings is 1. The molecule has 1 atom stereocenters. The van der Waals surface area contributed by atoms with Gasteiger partial charge in [-0.2, -0.15) is 5.26 Å². The highest BCUT2D eigenvalue weighted by Gasteiger charge is 2.21. The molecule has 0 aliphatic carbocycles. The Morgan fingerprint density at radius 2 is 2.50 bits per heavy atom. The minimum absolute atomic E-state index is 0.349. The Balaban J connectivity index is 2.20. The lowest BCUT2D eigenvalue weighted by molar-refractivity contribution is 0.0761. The molecule has 1 aromatic heterocycles. The molecule has 0 bridgehead atoms. The van der Waals surface area contributed by atoms with Crippen LogP contribution in [0.25, 0.3) is 0 Å². The molecule has 1 fully saturated rings. The summed E-state index contributed by atoms with van der Waals surface area (Å²) in [5.41, 5.74) is 1.10. The van der Waals surface area contributed by atoms with Crippen LogP contribution < -0.4 is 4.90 Å². The van der Waals surface area contributed by atoms with Crippen molar-refractivity contribution in [3.8, 4) is 6.07 Å². The largest absolute Gasteiger partial charge is 0.360 e.